The van der Waals surface area contributed by atoms with E-state index in [1.54, 1.807) is 0 Å². The lowest BCUT2D eigenvalue weighted by atomic mass is 9.95. The van der Waals surface area contributed by atoms with Gasteiger partial charge >= 0.3 is 0 Å². The minimum atomic E-state index is 0.458. The van der Waals surface area contributed by atoms with Gasteiger partial charge in [-0.25, -0.2) is 0 Å². The molecular weight excluding hydrogens is 124 g/mol. The normalized spacial score (nSPS) is 36.9. The van der Waals surface area contributed by atoms with E-state index in [1.807, 2.05) is 0 Å². The van der Waals surface area contributed by atoms with Gasteiger partial charge in [0.1, 0.15) is 0 Å². The van der Waals surface area contributed by atoms with Crippen molar-refractivity contribution in [2.45, 2.75) is 39.3 Å². The van der Waals surface area contributed by atoms with Crippen LogP contribution in [0.3, 0.4) is 0 Å². The smallest absolute Gasteiger partial charge is 0.0330 e. The van der Waals surface area contributed by atoms with E-state index in [4.69, 9.17) is 0 Å². The summed E-state index contributed by atoms with van der Waals surface area (Å²) >= 11 is 0. The quantitative estimate of drug-likeness (QED) is 0.539. The third-order valence-electron chi connectivity index (χ3n) is 2.54. The summed E-state index contributed by atoms with van der Waals surface area (Å²) in [5.74, 6) is 0.775. The van der Waals surface area contributed by atoms with Crippen LogP contribution in [-0.4, -0.2) is 18.6 Å². The second kappa shape index (κ2) is 3.35. The topological polar surface area (TPSA) is 48.0 Å². The fourth-order valence-corrected chi connectivity index (χ4v) is 1.09. The van der Waals surface area contributed by atoms with Crippen molar-refractivity contribution in [2.75, 3.05) is 7.05 Å². The minimum Gasteiger partial charge on any atom is -0.333 e. The number of hydrogen-bond acceptors (Lipinski definition) is 2. The van der Waals surface area contributed by atoms with E-state index >= 15 is 0 Å². The summed E-state index contributed by atoms with van der Waals surface area (Å²) in [5.41, 5.74) is 4.96. The average molecular weight is 144 g/mol. The molecule has 1 rings (SSSR count). The maximum Gasteiger partial charge on any atom is 0.0330 e. The molecule has 0 aromatic heterocycles. The van der Waals surface area contributed by atoms with Crippen LogP contribution in [-0.2, 0) is 0 Å². The first-order valence-corrected chi connectivity index (χ1v) is 3.93. The van der Waals surface area contributed by atoms with Crippen LogP contribution in [0.15, 0.2) is 0 Å². The number of rotatable bonds is 1. The molecule has 1 fully saturated rings. The molecule has 2 heteroatoms. The van der Waals surface area contributed by atoms with E-state index in [2.05, 4.69) is 38.7 Å². The van der Waals surface area contributed by atoms with Crippen LogP contribution in [0, 0.1) is 5.92 Å². The fourth-order valence-electron chi connectivity index (χ4n) is 1.09. The lowest BCUT2D eigenvalue weighted by Crippen LogP contribution is -2.18. The van der Waals surface area contributed by atoms with E-state index < -0.39 is 0 Å². The molecule has 2 atom stereocenters. The van der Waals surface area contributed by atoms with Gasteiger partial charge < -0.3 is 11.1 Å². The van der Waals surface area contributed by atoms with Gasteiger partial charge in [-0.15, -0.1) is 0 Å². The molecule has 0 aromatic carbocycles. The predicted molar refractivity (Wildman–Crippen MR) is 46.0 cm³/mol. The summed E-state index contributed by atoms with van der Waals surface area (Å²) in [6.45, 7) is 9.04. The van der Waals surface area contributed by atoms with Crippen LogP contribution in [0.2, 0.25) is 0 Å². The Kier molecular flexibility index (Phi) is 3.33. The highest BCUT2D eigenvalue weighted by atomic mass is 15.2. The first-order valence-electron chi connectivity index (χ1n) is 3.93. The Balaban J connectivity index is 0.000000371. The Morgan fingerprint density at radius 1 is 1.40 bits per heavy atom. The molecule has 1 saturated heterocycles. The molecular formula is C8H20N2. The summed E-state index contributed by atoms with van der Waals surface area (Å²) < 4.78 is 0. The summed E-state index contributed by atoms with van der Waals surface area (Å²) in [7, 11) is 1.50. The van der Waals surface area contributed by atoms with Crippen molar-refractivity contribution in [3.63, 3.8) is 0 Å². The molecule has 0 saturated carbocycles. The first kappa shape index (κ1) is 9.92. The monoisotopic (exact) mass is 144 g/mol. The van der Waals surface area contributed by atoms with Gasteiger partial charge in [-0.1, -0.05) is 13.8 Å². The maximum absolute atomic E-state index is 4.50. The minimum absolute atomic E-state index is 0.458. The molecule has 3 N–H and O–H groups in total. The van der Waals surface area contributed by atoms with Crippen LogP contribution in [0.4, 0.5) is 0 Å². The van der Waals surface area contributed by atoms with E-state index in [-0.39, 0.29) is 0 Å². The number of nitrogens with one attached hydrogen (secondary N) is 1. The molecule has 0 aromatic rings. The predicted octanol–water partition coefficient (Wildman–Crippen LogP) is 0.968. The lowest BCUT2D eigenvalue weighted by Gasteiger charge is -2.10. The van der Waals surface area contributed by atoms with Crippen LogP contribution >= 0.6 is 0 Å². The second-order valence-electron chi connectivity index (χ2n) is 3.30. The molecule has 0 radical (unpaired) electrons. The molecule has 0 amide bonds. The van der Waals surface area contributed by atoms with Crippen molar-refractivity contribution in [3.05, 3.63) is 0 Å². The fraction of sp³-hybridized carbons (Fsp3) is 1.00. The molecule has 2 unspecified atom stereocenters. The highest BCUT2D eigenvalue weighted by Crippen LogP contribution is 2.32. The summed E-state index contributed by atoms with van der Waals surface area (Å²) in [6.07, 6.45) is 0. The van der Waals surface area contributed by atoms with E-state index in [9.17, 15) is 0 Å². The van der Waals surface area contributed by atoms with Crippen molar-refractivity contribution in [3.8, 4) is 0 Å². The number of hydrogen-bond donors (Lipinski definition) is 2. The second-order valence-corrected chi connectivity index (χ2v) is 3.30. The van der Waals surface area contributed by atoms with Crippen molar-refractivity contribution in [1.82, 2.24) is 5.32 Å². The maximum atomic E-state index is 4.50. The van der Waals surface area contributed by atoms with Gasteiger partial charge in [0, 0.05) is 11.6 Å². The molecule has 2 nitrogen and oxygen atoms in total. The number of nitrogens with two attached hydrogens (primary N) is 1. The van der Waals surface area contributed by atoms with Crippen molar-refractivity contribution in [1.29, 1.82) is 0 Å². The Morgan fingerprint density at radius 3 is 1.70 bits per heavy atom. The molecule has 62 valence electrons. The molecule has 1 aliphatic rings. The Labute approximate surface area is 64.2 Å². The zero-order valence-electron chi connectivity index (χ0n) is 7.73. The summed E-state index contributed by atoms with van der Waals surface area (Å²) in [4.78, 5) is 0. The van der Waals surface area contributed by atoms with Crippen molar-refractivity contribution in [2.24, 2.45) is 11.7 Å². The zero-order chi connectivity index (χ0) is 8.36. The zero-order valence-corrected chi connectivity index (χ0v) is 7.73. The summed E-state index contributed by atoms with van der Waals surface area (Å²) in [5, 5.41) is 3.41. The van der Waals surface area contributed by atoms with Gasteiger partial charge in [-0.2, -0.15) is 0 Å². The molecule has 0 aliphatic carbocycles. The van der Waals surface area contributed by atoms with Gasteiger partial charge in [0.25, 0.3) is 0 Å². The van der Waals surface area contributed by atoms with Gasteiger partial charge in [-0.3, -0.25) is 0 Å². The third kappa shape index (κ3) is 1.70. The molecule has 1 aliphatic heterocycles. The van der Waals surface area contributed by atoms with Crippen LogP contribution in [0.25, 0.3) is 0 Å². The van der Waals surface area contributed by atoms with Crippen LogP contribution < -0.4 is 11.1 Å². The van der Waals surface area contributed by atoms with Gasteiger partial charge in [0.05, 0.1) is 0 Å². The highest BCUT2D eigenvalue weighted by molar-refractivity contribution is 5.10. The van der Waals surface area contributed by atoms with E-state index in [1.165, 1.54) is 7.05 Å². The highest BCUT2D eigenvalue weighted by Gasteiger charge is 2.47. The van der Waals surface area contributed by atoms with Crippen molar-refractivity contribution >= 4 is 0 Å². The largest absolute Gasteiger partial charge is 0.333 e. The SMILES string of the molecule is CC(C)C1(C)NC1C.CN. The van der Waals surface area contributed by atoms with Gasteiger partial charge in [0.2, 0.25) is 0 Å². The van der Waals surface area contributed by atoms with Gasteiger partial charge in [-0.05, 0) is 26.8 Å². The molecule has 0 bridgehead atoms. The summed E-state index contributed by atoms with van der Waals surface area (Å²) in [6, 6.07) is 0.738. The van der Waals surface area contributed by atoms with Crippen LogP contribution in [0.1, 0.15) is 27.7 Å². The Bertz CT molecular complexity index is 101. The van der Waals surface area contributed by atoms with E-state index in [0.29, 0.717) is 5.54 Å². The lowest BCUT2D eigenvalue weighted by molar-refractivity contribution is 0.476. The molecule has 0 spiro atoms. The van der Waals surface area contributed by atoms with Crippen molar-refractivity contribution < 1.29 is 0 Å². The van der Waals surface area contributed by atoms with Gasteiger partial charge in [0.15, 0.2) is 0 Å². The molecule has 10 heavy (non-hydrogen) atoms. The standard InChI is InChI=1S/C7H15N.CH5N/c1-5(2)7(4)6(3)8-7;1-2/h5-6,8H,1-4H3;2H2,1H3. The Hall–Kier alpha value is -0.0800. The van der Waals surface area contributed by atoms with Crippen LogP contribution in [0.5, 0.6) is 0 Å². The third-order valence-corrected chi connectivity index (χ3v) is 2.54. The Morgan fingerprint density at radius 2 is 1.70 bits per heavy atom. The molecule has 1 heterocycles. The first-order chi connectivity index (χ1) is 4.57. The van der Waals surface area contributed by atoms with E-state index in [0.717, 1.165) is 12.0 Å². The average Bonchev–Trinajstić information content (AvgIpc) is 2.48.